The average molecular weight is 1120 g/mol. The first-order valence-electron chi connectivity index (χ1n) is 33.7. The summed E-state index contributed by atoms with van der Waals surface area (Å²) in [6.07, 6.45) is 95.9. The lowest BCUT2D eigenvalue weighted by atomic mass is 10.1. The lowest BCUT2D eigenvalue weighted by Crippen LogP contribution is -2.30. The Kier molecular flexibility index (Phi) is 64.3. The van der Waals surface area contributed by atoms with Gasteiger partial charge in [-0.15, -0.1) is 0 Å². The smallest absolute Gasteiger partial charge is 0.306 e. The summed E-state index contributed by atoms with van der Waals surface area (Å²) < 4.78 is 16.9. The molecule has 0 aromatic heterocycles. The SMILES string of the molecule is CC/C=C\C/C=C\C/C=C\C/C=C\C/C=C\C/C=C\CCCCCCC(=O)OCC(COC(=O)CCCCCCCC/C=C\C/C=C\C/C=C\CCCCC)OC(=O)CCCCCCCCCCC/C=C\C/C=C\CCCCCCC. The third-order valence-electron chi connectivity index (χ3n) is 14.1. The van der Waals surface area contributed by atoms with Gasteiger partial charge in [0.05, 0.1) is 0 Å². The summed E-state index contributed by atoms with van der Waals surface area (Å²) in [5.41, 5.74) is 0. The summed E-state index contributed by atoms with van der Waals surface area (Å²) >= 11 is 0. The molecule has 1 atom stereocenters. The van der Waals surface area contributed by atoms with Crippen molar-refractivity contribution in [2.75, 3.05) is 13.2 Å². The third-order valence-corrected chi connectivity index (χ3v) is 14.1. The lowest BCUT2D eigenvalue weighted by Gasteiger charge is -2.18. The first kappa shape index (κ1) is 76.5. The maximum Gasteiger partial charge on any atom is 0.306 e. The second-order valence-corrected chi connectivity index (χ2v) is 22.0. The van der Waals surface area contributed by atoms with Crippen molar-refractivity contribution in [3.63, 3.8) is 0 Å². The summed E-state index contributed by atoms with van der Waals surface area (Å²) in [7, 11) is 0. The molecule has 0 amide bonds. The van der Waals surface area contributed by atoms with Crippen LogP contribution in [0.2, 0.25) is 0 Å². The number of allylic oxidation sites excluding steroid dienone is 22. The zero-order chi connectivity index (χ0) is 58.5. The van der Waals surface area contributed by atoms with Crippen LogP contribution in [0, 0.1) is 0 Å². The Bertz CT molecular complexity index is 1720. The van der Waals surface area contributed by atoms with Crippen molar-refractivity contribution in [3.05, 3.63) is 134 Å². The van der Waals surface area contributed by atoms with Gasteiger partial charge < -0.3 is 14.2 Å². The summed E-state index contributed by atoms with van der Waals surface area (Å²) in [5, 5.41) is 0. The molecule has 0 aromatic carbocycles. The van der Waals surface area contributed by atoms with Crippen LogP contribution in [-0.2, 0) is 28.6 Å². The van der Waals surface area contributed by atoms with E-state index in [0.29, 0.717) is 19.3 Å². The Morgan fingerprint density at radius 2 is 0.481 bits per heavy atom. The highest BCUT2D eigenvalue weighted by Gasteiger charge is 2.19. The standard InChI is InChI=1S/C75H124O6/c1-4-7-10-13-16-19-22-25-28-31-34-36-37-39-41-44-47-50-53-56-59-62-65-68-74(77)80-71-72(70-79-73(76)67-64-61-58-55-52-49-46-43-40-33-30-27-24-21-18-15-12-9-6-3)81-75(78)69-66-63-60-57-54-51-48-45-42-38-35-32-29-26-23-20-17-14-11-8-5-2/h7,10,16,18-19,21,23,25-28,30,32,34-36,39-41,43,47,50,72H,4-6,8-9,11-15,17,20,22,24,29,31,33,37-38,42,44-46,48-49,51-71H2,1-3H3/b10-7-,19-16-,21-18-,26-23-,28-25-,30-27-,35-32-,36-34-,41-39-,43-40-,50-47-. The maximum absolute atomic E-state index is 13.0. The lowest BCUT2D eigenvalue weighted by molar-refractivity contribution is -0.167. The first-order chi connectivity index (χ1) is 40.0. The fourth-order valence-electron chi connectivity index (χ4n) is 9.07. The molecule has 6 heteroatoms. The molecule has 0 heterocycles. The minimum absolute atomic E-state index is 0.0983. The molecule has 6 nitrogen and oxygen atoms in total. The van der Waals surface area contributed by atoms with Crippen molar-refractivity contribution in [1.82, 2.24) is 0 Å². The van der Waals surface area contributed by atoms with Gasteiger partial charge in [-0.05, 0) is 141 Å². The van der Waals surface area contributed by atoms with Gasteiger partial charge in [-0.25, -0.2) is 0 Å². The van der Waals surface area contributed by atoms with Gasteiger partial charge in [0, 0.05) is 19.3 Å². The van der Waals surface area contributed by atoms with E-state index in [4.69, 9.17) is 14.2 Å². The Labute approximate surface area is 500 Å². The molecular formula is C75H124O6. The van der Waals surface area contributed by atoms with Gasteiger partial charge in [0.15, 0.2) is 6.10 Å². The molecule has 0 bridgehead atoms. The molecule has 0 saturated heterocycles. The fourth-order valence-corrected chi connectivity index (χ4v) is 9.07. The van der Waals surface area contributed by atoms with E-state index in [9.17, 15) is 14.4 Å². The molecule has 0 N–H and O–H groups in total. The molecule has 0 aliphatic rings. The van der Waals surface area contributed by atoms with Crippen LogP contribution >= 0.6 is 0 Å². The molecule has 81 heavy (non-hydrogen) atoms. The number of rotatable bonds is 60. The summed E-state index contributed by atoms with van der Waals surface area (Å²) in [6.45, 7) is 6.47. The molecular weight excluding hydrogens is 997 g/mol. The molecule has 1 unspecified atom stereocenters. The zero-order valence-corrected chi connectivity index (χ0v) is 52.8. The summed E-state index contributed by atoms with van der Waals surface area (Å²) in [5.74, 6) is -0.934. The van der Waals surface area contributed by atoms with Gasteiger partial charge in [0.25, 0.3) is 0 Å². The van der Waals surface area contributed by atoms with Crippen LogP contribution in [-0.4, -0.2) is 37.2 Å². The number of unbranched alkanes of at least 4 members (excludes halogenated alkanes) is 27. The molecule has 0 fully saturated rings. The van der Waals surface area contributed by atoms with Gasteiger partial charge >= 0.3 is 17.9 Å². The zero-order valence-electron chi connectivity index (χ0n) is 52.8. The molecule has 460 valence electrons. The van der Waals surface area contributed by atoms with E-state index in [-0.39, 0.29) is 31.1 Å². The summed E-state index contributed by atoms with van der Waals surface area (Å²) in [6, 6.07) is 0. The predicted octanol–water partition coefficient (Wildman–Crippen LogP) is 23.3. The van der Waals surface area contributed by atoms with E-state index in [1.165, 1.54) is 122 Å². The van der Waals surface area contributed by atoms with Crippen LogP contribution in [0.3, 0.4) is 0 Å². The maximum atomic E-state index is 13.0. The highest BCUT2D eigenvalue weighted by atomic mass is 16.6. The van der Waals surface area contributed by atoms with Crippen molar-refractivity contribution in [2.45, 2.75) is 309 Å². The number of hydrogen-bond acceptors (Lipinski definition) is 6. The minimum Gasteiger partial charge on any atom is -0.462 e. The van der Waals surface area contributed by atoms with Gasteiger partial charge in [-0.3, -0.25) is 14.4 Å². The van der Waals surface area contributed by atoms with E-state index in [1.807, 2.05) is 0 Å². The van der Waals surface area contributed by atoms with E-state index >= 15 is 0 Å². The number of hydrogen-bond donors (Lipinski definition) is 0. The molecule has 0 rings (SSSR count). The van der Waals surface area contributed by atoms with E-state index in [2.05, 4.69) is 154 Å². The molecule has 0 aliphatic carbocycles. The quantitative estimate of drug-likeness (QED) is 0.0261. The first-order valence-corrected chi connectivity index (χ1v) is 33.7. The molecule has 0 saturated carbocycles. The van der Waals surface area contributed by atoms with Gasteiger partial charge in [0.1, 0.15) is 13.2 Å². The van der Waals surface area contributed by atoms with Crippen LogP contribution in [0.1, 0.15) is 303 Å². The van der Waals surface area contributed by atoms with Crippen LogP contribution in [0.25, 0.3) is 0 Å². The number of esters is 3. The van der Waals surface area contributed by atoms with Crippen molar-refractivity contribution in [1.29, 1.82) is 0 Å². The third kappa shape index (κ3) is 66.2. The predicted molar refractivity (Wildman–Crippen MR) is 353 cm³/mol. The van der Waals surface area contributed by atoms with Crippen molar-refractivity contribution in [2.24, 2.45) is 0 Å². The largest absolute Gasteiger partial charge is 0.462 e. The monoisotopic (exact) mass is 1120 g/mol. The second-order valence-electron chi connectivity index (χ2n) is 22.0. The van der Waals surface area contributed by atoms with Crippen LogP contribution in [0.15, 0.2) is 134 Å². The van der Waals surface area contributed by atoms with Gasteiger partial charge in [0.2, 0.25) is 0 Å². The number of carbonyl (C=O) groups excluding carboxylic acids is 3. The number of ether oxygens (including phenoxy) is 3. The number of carbonyl (C=O) groups is 3. The molecule has 0 aromatic rings. The van der Waals surface area contributed by atoms with E-state index < -0.39 is 6.10 Å². The normalized spacial score (nSPS) is 13.0. The highest BCUT2D eigenvalue weighted by molar-refractivity contribution is 5.71. The van der Waals surface area contributed by atoms with Gasteiger partial charge in [-0.2, -0.15) is 0 Å². The fraction of sp³-hybridized carbons (Fsp3) is 0.667. The Morgan fingerprint density at radius 1 is 0.259 bits per heavy atom. The van der Waals surface area contributed by atoms with Crippen molar-refractivity contribution in [3.8, 4) is 0 Å². The molecule has 0 spiro atoms. The Balaban J connectivity index is 4.49. The van der Waals surface area contributed by atoms with Crippen LogP contribution in [0.4, 0.5) is 0 Å². The van der Waals surface area contributed by atoms with Gasteiger partial charge in [-0.1, -0.05) is 276 Å². The van der Waals surface area contributed by atoms with Crippen molar-refractivity contribution >= 4 is 17.9 Å². The second kappa shape index (κ2) is 68.1. The van der Waals surface area contributed by atoms with Crippen molar-refractivity contribution < 1.29 is 28.6 Å². The topological polar surface area (TPSA) is 78.9 Å². The van der Waals surface area contributed by atoms with E-state index in [1.54, 1.807) is 0 Å². The Hall–Kier alpha value is -4.45. The van der Waals surface area contributed by atoms with Crippen LogP contribution < -0.4 is 0 Å². The van der Waals surface area contributed by atoms with E-state index in [0.717, 1.165) is 141 Å². The summed E-state index contributed by atoms with van der Waals surface area (Å²) in [4.78, 5) is 38.4. The molecule has 0 radical (unpaired) electrons. The molecule has 0 aliphatic heterocycles. The van der Waals surface area contributed by atoms with Crippen LogP contribution in [0.5, 0.6) is 0 Å². The Morgan fingerprint density at radius 3 is 0.778 bits per heavy atom. The average Bonchev–Trinajstić information content (AvgIpc) is 3.47. The highest BCUT2D eigenvalue weighted by Crippen LogP contribution is 2.15. The minimum atomic E-state index is -0.804.